The molecule has 0 saturated carbocycles. The van der Waals surface area contributed by atoms with E-state index in [0.717, 1.165) is 24.3 Å². The summed E-state index contributed by atoms with van der Waals surface area (Å²) in [4.78, 5) is 0. The number of hydrogen-bond acceptors (Lipinski definition) is 2. The van der Waals surface area contributed by atoms with Crippen LogP contribution in [0.4, 0.5) is 4.39 Å². The van der Waals surface area contributed by atoms with Crippen molar-refractivity contribution in [3.8, 4) is 0 Å². The van der Waals surface area contributed by atoms with Gasteiger partial charge in [-0.1, -0.05) is 18.2 Å². The van der Waals surface area contributed by atoms with Crippen LogP contribution < -0.4 is 5.32 Å². The molecular weight excluding hydrogens is 237 g/mol. The summed E-state index contributed by atoms with van der Waals surface area (Å²) in [6.07, 6.45) is 1.84. The van der Waals surface area contributed by atoms with Crippen LogP contribution in [0.5, 0.6) is 0 Å². The first-order valence-corrected chi connectivity index (χ1v) is 7.51. The van der Waals surface area contributed by atoms with Crippen LogP contribution in [0.3, 0.4) is 0 Å². The highest BCUT2D eigenvalue weighted by Gasteiger charge is 2.20. The largest absolute Gasteiger partial charge is 0.307 e. The Morgan fingerprint density at radius 3 is 2.65 bits per heavy atom. The van der Waals surface area contributed by atoms with E-state index in [9.17, 15) is 8.60 Å². The third-order valence-electron chi connectivity index (χ3n) is 3.25. The maximum atomic E-state index is 13.6. The minimum Gasteiger partial charge on any atom is -0.307 e. The molecule has 4 heteroatoms. The summed E-state index contributed by atoms with van der Waals surface area (Å²) in [7, 11) is -0.639. The maximum Gasteiger partial charge on any atom is 0.127 e. The molecule has 2 rings (SSSR count). The van der Waals surface area contributed by atoms with Gasteiger partial charge in [0.2, 0.25) is 0 Å². The summed E-state index contributed by atoms with van der Waals surface area (Å²) >= 11 is 0. The van der Waals surface area contributed by atoms with Crippen LogP contribution in [0.15, 0.2) is 24.3 Å². The van der Waals surface area contributed by atoms with Crippen LogP contribution in [0.2, 0.25) is 0 Å². The number of nitrogens with one attached hydrogen (secondary N) is 1. The highest BCUT2D eigenvalue weighted by Crippen LogP contribution is 2.19. The Hall–Kier alpha value is -0.740. The lowest BCUT2D eigenvalue weighted by molar-refractivity contribution is 0.417. The molecule has 2 nitrogen and oxygen atoms in total. The molecule has 0 aliphatic carbocycles. The van der Waals surface area contributed by atoms with Crippen molar-refractivity contribution in [2.45, 2.75) is 31.8 Å². The quantitative estimate of drug-likeness (QED) is 0.898. The summed E-state index contributed by atoms with van der Waals surface area (Å²) in [6, 6.07) is 7.23. The number of rotatable bonds is 3. The number of hydrogen-bond donors (Lipinski definition) is 1. The average molecular weight is 255 g/mol. The van der Waals surface area contributed by atoms with Gasteiger partial charge >= 0.3 is 0 Å². The Bertz CT molecular complexity index is 400. The molecule has 1 heterocycles. The SMILES string of the molecule is CC(NC1CCS(=O)CC1)c1ccccc1F. The zero-order chi connectivity index (χ0) is 12.3. The Balaban J connectivity index is 1.95. The number of halogens is 1. The van der Waals surface area contributed by atoms with Crippen LogP contribution >= 0.6 is 0 Å². The summed E-state index contributed by atoms with van der Waals surface area (Å²) < 4.78 is 24.8. The third-order valence-corrected chi connectivity index (χ3v) is 4.63. The summed E-state index contributed by atoms with van der Waals surface area (Å²) in [6.45, 7) is 1.98. The van der Waals surface area contributed by atoms with Crippen LogP contribution in [-0.2, 0) is 10.8 Å². The molecule has 1 N–H and O–H groups in total. The van der Waals surface area contributed by atoms with E-state index >= 15 is 0 Å². The molecule has 1 atom stereocenters. The van der Waals surface area contributed by atoms with Crippen molar-refractivity contribution in [1.29, 1.82) is 0 Å². The van der Waals surface area contributed by atoms with E-state index in [0.29, 0.717) is 11.6 Å². The fourth-order valence-corrected chi connectivity index (χ4v) is 3.53. The molecule has 0 amide bonds. The van der Waals surface area contributed by atoms with Crippen LogP contribution in [0.1, 0.15) is 31.4 Å². The van der Waals surface area contributed by atoms with Crippen molar-refractivity contribution in [2.75, 3.05) is 11.5 Å². The van der Waals surface area contributed by atoms with Gasteiger partial charge in [0, 0.05) is 40.0 Å². The van der Waals surface area contributed by atoms with Gasteiger partial charge in [0.25, 0.3) is 0 Å². The topological polar surface area (TPSA) is 29.1 Å². The van der Waals surface area contributed by atoms with Crippen molar-refractivity contribution in [1.82, 2.24) is 5.32 Å². The lowest BCUT2D eigenvalue weighted by atomic mass is 10.0. The van der Waals surface area contributed by atoms with Crippen molar-refractivity contribution < 1.29 is 8.60 Å². The molecule has 1 aromatic rings. The van der Waals surface area contributed by atoms with E-state index in [1.54, 1.807) is 6.07 Å². The summed E-state index contributed by atoms with van der Waals surface area (Å²) in [5.41, 5.74) is 0.708. The highest BCUT2D eigenvalue weighted by atomic mass is 32.2. The standard InChI is InChI=1S/C13H18FNOS/c1-10(12-4-2-3-5-13(12)14)15-11-6-8-17(16)9-7-11/h2-5,10-11,15H,6-9H2,1H3. The summed E-state index contributed by atoms with van der Waals surface area (Å²) in [5.74, 6) is 1.37. The fourth-order valence-electron chi connectivity index (χ4n) is 2.23. The van der Waals surface area contributed by atoms with E-state index in [-0.39, 0.29) is 11.9 Å². The molecule has 0 bridgehead atoms. The average Bonchev–Trinajstić information content (AvgIpc) is 2.32. The van der Waals surface area contributed by atoms with Gasteiger partial charge in [-0.15, -0.1) is 0 Å². The highest BCUT2D eigenvalue weighted by molar-refractivity contribution is 7.85. The van der Waals surface area contributed by atoms with E-state index in [1.807, 2.05) is 19.1 Å². The van der Waals surface area contributed by atoms with Crippen molar-refractivity contribution in [3.63, 3.8) is 0 Å². The minimum atomic E-state index is -0.639. The van der Waals surface area contributed by atoms with Gasteiger partial charge in [0.05, 0.1) is 0 Å². The van der Waals surface area contributed by atoms with Crippen molar-refractivity contribution in [2.24, 2.45) is 0 Å². The van der Waals surface area contributed by atoms with Gasteiger partial charge in [-0.3, -0.25) is 4.21 Å². The first-order chi connectivity index (χ1) is 8.16. The van der Waals surface area contributed by atoms with Gasteiger partial charge in [0.15, 0.2) is 0 Å². The molecule has 1 aliphatic heterocycles. The first kappa shape index (κ1) is 12.7. The van der Waals surface area contributed by atoms with Crippen molar-refractivity contribution >= 4 is 10.8 Å². The van der Waals surface area contributed by atoms with Gasteiger partial charge in [-0.05, 0) is 25.8 Å². The summed E-state index contributed by atoms with van der Waals surface area (Å²) in [5, 5.41) is 3.42. The molecule has 17 heavy (non-hydrogen) atoms. The molecule has 1 fully saturated rings. The van der Waals surface area contributed by atoms with Crippen LogP contribution in [-0.4, -0.2) is 21.8 Å². The molecule has 1 saturated heterocycles. The molecule has 1 aliphatic rings. The Labute approximate surface area is 104 Å². The zero-order valence-corrected chi connectivity index (χ0v) is 10.8. The molecule has 1 unspecified atom stereocenters. The van der Waals surface area contributed by atoms with Crippen LogP contribution in [0, 0.1) is 5.82 Å². The van der Waals surface area contributed by atoms with Gasteiger partial charge in [-0.2, -0.15) is 0 Å². The monoisotopic (exact) mass is 255 g/mol. The minimum absolute atomic E-state index is 0.00716. The Kier molecular flexibility index (Phi) is 4.29. The molecule has 0 aromatic heterocycles. The van der Waals surface area contributed by atoms with E-state index in [4.69, 9.17) is 0 Å². The predicted octanol–water partition coefficient (Wildman–Crippen LogP) is 2.39. The Morgan fingerprint density at radius 2 is 2.00 bits per heavy atom. The molecule has 0 spiro atoms. The molecular formula is C13H18FNOS. The maximum absolute atomic E-state index is 13.6. The second-order valence-corrected chi connectivity index (χ2v) is 6.23. The van der Waals surface area contributed by atoms with E-state index in [1.165, 1.54) is 6.07 Å². The van der Waals surface area contributed by atoms with E-state index < -0.39 is 10.8 Å². The lowest BCUT2D eigenvalue weighted by Gasteiger charge is -2.26. The molecule has 0 radical (unpaired) electrons. The van der Waals surface area contributed by atoms with E-state index in [2.05, 4.69) is 5.32 Å². The van der Waals surface area contributed by atoms with Gasteiger partial charge in [-0.25, -0.2) is 4.39 Å². The normalized spacial score (nSPS) is 26.7. The first-order valence-electron chi connectivity index (χ1n) is 6.02. The van der Waals surface area contributed by atoms with Crippen LogP contribution in [0.25, 0.3) is 0 Å². The van der Waals surface area contributed by atoms with Gasteiger partial charge < -0.3 is 5.32 Å². The fraction of sp³-hybridized carbons (Fsp3) is 0.538. The Morgan fingerprint density at radius 1 is 1.35 bits per heavy atom. The second-order valence-electron chi connectivity index (χ2n) is 4.53. The van der Waals surface area contributed by atoms with Crippen molar-refractivity contribution in [3.05, 3.63) is 35.6 Å². The smallest absolute Gasteiger partial charge is 0.127 e. The molecule has 94 valence electrons. The number of benzene rings is 1. The zero-order valence-electron chi connectivity index (χ0n) is 9.99. The second kappa shape index (κ2) is 5.74. The van der Waals surface area contributed by atoms with Gasteiger partial charge in [0.1, 0.15) is 5.82 Å². The predicted molar refractivity (Wildman–Crippen MR) is 68.8 cm³/mol. The molecule has 1 aromatic carbocycles. The lowest BCUT2D eigenvalue weighted by Crippen LogP contribution is -2.37. The third kappa shape index (κ3) is 3.36.